The van der Waals surface area contributed by atoms with Crippen LogP contribution in [0.25, 0.3) is 0 Å². The van der Waals surface area contributed by atoms with Gasteiger partial charge in [-0.2, -0.15) is 10.2 Å². The quantitative estimate of drug-likeness (QED) is 0.572. The third-order valence-corrected chi connectivity index (χ3v) is 5.35. The lowest BCUT2D eigenvalue weighted by molar-refractivity contribution is 0.102. The van der Waals surface area contributed by atoms with Crippen molar-refractivity contribution in [3.05, 3.63) is 57.0 Å². The zero-order chi connectivity index (χ0) is 17.8. The molecule has 0 fully saturated rings. The van der Waals surface area contributed by atoms with Crippen LogP contribution in [0.3, 0.4) is 0 Å². The Kier molecular flexibility index (Phi) is 5.54. The summed E-state index contributed by atoms with van der Waals surface area (Å²) in [6.07, 6.45) is 4.23. The van der Waals surface area contributed by atoms with E-state index in [0.717, 1.165) is 12.2 Å². The van der Waals surface area contributed by atoms with Gasteiger partial charge < -0.3 is 10.1 Å². The molecule has 0 saturated heterocycles. The lowest BCUT2D eigenvalue weighted by Crippen LogP contribution is -2.12. The highest BCUT2D eigenvalue weighted by Gasteiger charge is 2.17. The molecule has 0 saturated carbocycles. The highest BCUT2D eigenvalue weighted by Crippen LogP contribution is 2.24. The molecule has 1 aromatic carbocycles. The van der Waals surface area contributed by atoms with E-state index in [-0.39, 0.29) is 18.3 Å². The lowest BCUT2D eigenvalue weighted by atomic mass is 10.2. The predicted octanol–water partition coefficient (Wildman–Crippen LogP) is 3.98. The summed E-state index contributed by atoms with van der Waals surface area (Å²) in [5.74, 6) is 0.424. The van der Waals surface area contributed by atoms with Crippen LogP contribution in [0.1, 0.15) is 23.0 Å². The largest absolute Gasteiger partial charge is 0.471 e. The minimum atomic E-state index is -0.343. The lowest BCUT2D eigenvalue weighted by Gasteiger charge is -2.06. The van der Waals surface area contributed by atoms with Gasteiger partial charge >= 0.3 is 0 Å². The van der Waals surface area contributed by atoms with Crippen molar-refractivity contribution in [1.82, 2.24) is 20.0 Å². The van der Waals surface area contributed by atoms with E-state index in [1.54, 1.807) is 17.1 Å². The number of H-pyrrole nitrogens is 1. The molecule has 2 aromatic heterocycles. The Hall–Kier alpha value is -2.13. The van der Waals surface area contributed by atoms with Crippen molar-refractivity contribution in [1.29, 1.82) is 0 Å². The number of aryl methyl sites for hydroxylation is 1. The van der Waals surface area contributed by atoms with Crippen LogP contribution in [0.15, 0.2) is 45.7 Å². The maximum absolute atomic E-state index is 12.2. The number of nitrogens with zero attached hydrogens (tertiary/aromatic N) is 3. The molecule has 2 heterocycles. The first-order chi connectivity index (χ1) is 12.1. The van der Waals surface area contributed by atoms with Crippen LogP contribution < -0.4 is 10.1 Å². The Morgan fingerprint density at radius 1 is 1.32 bits per heavy atom. The normalized spacial score (nSPS) is 10.7. The van der Waals surface area contributed by atoms with Crippen LogP contribution in [0, 0.1) is 0 Å². The van der Waals surface area contributed by atoms with Gasteiger partial charge in [0.25, 0.3) is 5.91 Å². The van der Waals surface area contributed by atoms with Crippen LogP contribution in [0.4, 0.5) is 5.69 Å². The molecular weight excluding hydrogens is 454 g/mol. The molecule has 130 valence electrons. The fraction of sp³-hybridized carbons (Fsp3) is 0.188. The standard InChI is InChI=1S/C16H15Br2N5O2/c1-2-10-3-5-12(6-4-10)25-9-23-8-11(7-19-23)20-16(24)14-13(17)15(18)22-21-14/h3-8H,2,9H2,1H3,(H,20,24)(H,21,22). The molecule has 3 rings (SSSR count). The molecule has 2 N–H and O–H groups in total. The number of aromatic nitrogens is 4. The fourth-order valence-corrected chi connectivity index (χ4v) is 2.74. The number of hydrogen-bond donors (Lipinski definition) is 2. The summed E-state index contributed by atoms with van der Waals surface area (Å²) in [5.41, 5.74) is 2.07. The molecule has 0 spiro atoms. The number of anilines is 1. The maximum Gasteiger partial charge on any atom is 0.277 e. The molecule has 0 aliphatic heterocycles. The Morgan fingerprint density at radius 3 is 2.72 bits per heavy atom. The van der Waals surface area contributed by atoms with E-state index in [4.69, 9.17) is 4.74 Å². The number of rotatable bonds is 6. The smallest absolute Gasteiger partial charge is 0.277 e. The van der Waals surface area contributed by atoms with Crippen LogP contribution >= 0.6 is 31.9 Å². The topological polar surface area (TPSA) is 84.8 Å². The number of nitrogens with one attached hydrogen (secondary N) is 2. The molecule has 0 radical (unpaired) electrons. The molecule has 0 atom stereocenters. The summed E-state index contributed by atoms with van der Waals surface area (Å²) >= 11 is 6.54. The zero-order valence-electron chi connectivity index (χ0n) is 13.3. The second-order valence-electron chi connectivity index (χ2n) is 5.19. The molecule has 25 heavy (non-hydrogen) atoms. The second-order valence-corrected chi connectivity index (χ2v) is 6.78. The maximum atomic E-state index is 12.2. The Balaban J connectivity index is 1.58. The number of hydrogen-bond acceptors (Lipinski definition) is 4. The average Bonchev–Trinajstić information content (AvgIpc) is 3.20. The van der Waals surface area contributed by atoms with Crippen molar-refractivity contribution in [2.75, 3.05) is 5.32 Å². The van der Waals surface area contributed by atoms with Crippen molar-refractivity contribution in [2.45, 2.75) is 20.1 Å². The molecule has 9 heteroatoms. The summed E-state index contributed by atoms with van der Waals surface area (Å²) in [5, 5.41) is 13.5. The van der Waals surface area contributed by atoms with Crippen molar-refractivity contribution in [3.8, 4) is 5.75 Å². The second kappa shape index (κ2) is 7.83. The van der Waals surface area contributed by atoms with Gasteiger partial charge in [0.05, 0.1) is 22.6 Å². The van der Waals surface area contributed by atoms with Crippen molar-refractivity contribution in [2.24, 2.45) is 0 Å². The summed E-state index contributed by atoms with van der Waals surface area (Å²) in [7, 11) is 0. The van der Waals surface area contributed by atoms with Crippen molar-refractivity contribution in [3.63, 3.8) is 0 Å². The number of amides is 1. The van der Waals surface area contributed by atoms with E-state index in [1.165, 1.54) is 5.56 Å². The van der Waals surface area contributed by atoms with Crippen LogP contribution in [-0.4, -0.2) is 25.9 Å². The molecule has 0 bridgehead atoms. The molecule has 1 amide bonds. The predicted molar refractivity (Wildman–Crippen MR) is 101 cm³/mol. The van der Waals surface area contributed by atoms with Gasteiger partial charge in [0.1, 0.15) is 10.4 Å². The molecule has 0 aliphatic carbocycles. The van der Waals surface area contributed by atoms with Crippen molar-refractivity contribution >= 4 is 43.5 Å². The minimum absolute atomic E-state index is 0.249. The van der Waals surface area contributed by atoms with Gasteiger partial charge in [-0.05, 0) is 56.0 Å². The van der Waals surface area contributed by atoms with Gasteiger partial charge in [-0.25, -0.2) is 4.68 Å². The zero-order valence-corrected chi connectivity index (χ0v) is 16.5. The minimum Gasteiger partial charge on any atom is -0.471 e. The van der Waals surface area contributed by atoms with Gasteiger partial charge in [0.15, 0.2) is 12.4 Å². The van der Waals surface area contributed by atoms with Gasteiger partial charge in [-0.3, -0.25) is 9.89 Å². The first-order valence-corrected chi connectivity index (χ1v) is 9.10. The average molecular weight is 469 g/mol. The fourth-order valence-electron chi connectivity index (χ4n) is 2.11. The third-order valence-electron chi connectivity index (χ3n) is 3.47. The monoisotopic (exact) mass is 467 g/mol. The summed E-state index contributed by atoms with van der Waals surface area (Å²) in [6, 6.07) is 7.92. The van der Waals surface area contributed by atoms with Crippen LogP contribution in [-0.2, 0) is 13.2 Å². The first-order valence-electron chi connectivity index (χ1n) is 7.51. The van der Waals surface area contributed by atoms with E-state index in [0.29, 0.717) is 14.8 Å². The van der Waals surface area contributed by atoms with Crippen molar-refractivity contribution < 1.29 is 9.53 Å². The Morgan fingerprint density at radius 2 is 2.08 bits per heavy atom. The van der Waals surface area contributed by atoms with Gasteiger partial charge in [0, 0.05) is 0 Å². The number of ether oxygens (including phenoxy) is 1. The van der Waals surface area contributed by atoms with Gasteiger partial charge in [-0.15, -0.1) is 0 Å². The summed E-state index contributed by atoms with van der Waals surface area (Å²) in [6.45, 7) is 2.36. The summed E-state index contributed by atoms with van der Waals surface area (Å²) in [4.78, 5) is 12.2. The number of benzene rings is 1. The van der Waals surface area contributed by atoms with Crippen LogP contribution in [0.2, 0.25) is 0 Å². The summed E-state index contributed by atoms with van der Waals surface area (Å²) < 4.78 is 8.44. The number of carbonyl (C=O) groups is 1. The van der Waals surface area contributed by atoms with Crippen LogP contribution in [0.5, 0.6) is 5.75 Å². The van der Waals surface area contributed by atoms with Gasteiger partial charge in [-0.1, -0.05) is 19.1 Å². The number of aromatic amines is 1. The Labute approximate surface area is 161 Å². The third kappa shape index (κ3) is 4.29. The number of halogens is 2. The van der Waals surface area contributed by atoms with E-state index < -0.39 is 0 Å². The Bertz CT molecular complexity index is 873. The van der Waals surface area contributed by atoms with E-state index >= 15 is 0 Å². The molecular formula is C16H15Br2N5O2. The van der Waals surface area contributed by atoms with E-state index in [1.807, 2.05) is 24.3 Å². The first kappa shape index (κ1) is 17.7. The van der Waals surface area contributed by atoms with E-state index in [9.17, 15) is 4.79 Å². The molecule has 0 unspecified atom stereocenters. The SMILES string of the molecule is CCc1ccc(OCn2cc(NC(=O)c3n[nH]c(Br)c3Br)cn2)cc1. The highest BCUT2D eigenvalue weighted by molar-refractivity contribution is 9.13. The van der Waals surface area contributed by atoms with Gasteiger partial charge in [0.2, 0.25) is 0 Å². The molecule has 0 aliphatic rings. The molecule has 7 nitrogen and oxygen atoms in total. The molecule has 3 aromatic rings. The van der Waals surface area contributed by atoms with E-state index in [2.05, 4.69) is 59.4 Å². The highest BCUT2D eigenvalue weighted by atomic mass is 79.9. The number of carbonyl (C=O) groups excluding carboxylic acids is 1.